The fourth-order valence-electron chi connectivity index (χ4n) is 2.13. The van der Waals surface area contributed by atoms with E-state index < -0.39 is 10.5 Å². The lowest BCUT2D eigenvalue weighted by molar-refractivity contribution is -0.384. The van der Waals surface area contributed by atoms with Crippen LogP contribution >= 0.6 is 0 Å². The molecule has 20 heavy (non-hydrogen) atoms. The molecule has 3 aromatic rings. The Morgan fingerprint density at radius 2 is 1.85 bits per heavy atom. The second-order valence-corrected chi connectivity index (χ2v) is 4.21. The molecule has 0 unspecified atom stereocenters. The van der Waals surface area contributed by atoms with Crippen molar-refractivity contribution >= 4 is 27.4 Å². The SMILES string of the molecule is O=c1oc2cc(O)cc(O)c2c2ccc([N+](=O)[O-])cc12. The molecule has 1 aromatic heterocycles. The van der Waals surface area contributed by atoms with Crippen molar-refractivity contribution in [2.24, 2.45) is 0 Å². The van der Waals surface area contributed by atoms with Gasteiger partial charge in [0.2, 0.25) is 0 Å². The van der Waals surface area contributed by atoms with E-state index in [4.69, 9.17) is 4.42 Å². The third-order valence-electron chi connectivity index (χ3n) is 2.97. The van der Waals surface area contributed by atoms with Crippen LogP contribution in [0.4, 0.5) is 5.69 Å². The summed E-state index contributed by atoms with van der Waals surface area (Å²) >= 11 is 0. The summed E-state index contributed by atoms with van der Waals surface area (Å²) in [5, 5.41) is 30.5. The summed E-state index contributed by atoms with van der Waals surface area (Å²) < 4.78 is 4.97. The van der Waals surface area contributed by atoms with Crippen LogP contribution in [0.3, 0.4) is 0 Å². The van der Waals surface area contributed by atoms with Crippen LogP contribution in [-0.4, -0.2) is 15.1 Å². The largest absolute Gasteiger partial charge is 0.508 e. The van der Waals surface area contributed by atoms with E-state index in [1.54, 1.807) is 0 Å². The van der Waals surface area contributed by atoms with Gasteiger partial charge in [-0.1, -0.05) is 0 Å². The number of non-ortho nitro benzene ring substituents is 1. The van der Waals surface area contributed by atoms with Gasteiger partial charge < -0.3 is 14.6 Å². The molecule has 7 nitrogen and oxygen atoms in total. The van der Waals surface area contributed by atoms with Crippen molar-refractivity contribution in [3.63, 3.8) is 0 Å². The van der Waals surface area contributed by atoms with Gasteiger partial charge in [-0.3, -0.25) is 10.1 Å². The van der Waals surface area contributed by atoms with Crippen LogP contribution in [0.2, 0.25) is 0 Å². The topological polar surface area (TPSA) is 114 Å². The third kappa shape index (κ3) is 1.64. The molecule has 7 heteroatoms. The smallest absolute Gasteiger partial charge is 0.344 e. The van der Waals surface area contributed by atoms with Gasteiger partial charge in [-0.05, 0) is 6.07 Å². The van der Waals surface area contributed by atoms with Crippen LogP contribution < -0.4 is 5.63 Å². The lowest BCUT2D eigenvalue weighted by Gasteiger charge is -2.05. The van der Waals surface area contributed by atoms with Crippen molar-refractivity contribution in [1.82, 2.24) is 0 Å². The summed E-state index contributed by atoms with van der Waals surface area (Å²) in [6, 6.07) is 5.98. The number of benzene rings is 2. The molecule has 0 saturated heterocycles. The van der Waals surface area contributed by atoms with Crippen molar-refractivity contribution < 1.29 is 19.6 Å². The Bertz CT molecular complexity index is 927. The summed E-state index contributed by atoms with van der Waals surface area (Å²) in [5.41, 5.74) is -1.02. The predicted molar refractivity (Wildman–Crippen MR) is 70.0 cm³/mol. The molecule has 1 heterocycles. The highest BCUT2D eigenvalue weighted by molar-refractivity contribution is 6.08. The van der Waals surface area contributed by atoms with Crippen molar-refractivity contribution in [2.45, 2.75) is 0 Å². The van der Waals surface area contributed by atoms with Gasteiger partial charge in [0.25, 0.3) is 5.69 Å². The first-order chi connectivity index (χ1) is 9.47. The van der Waals surface area contributed by atoms with E-state index in [9.17, 15) is 25.1 Å². The molecule has 2 aromatic carbocycles. The monoisotopic (exact) mass is 273 g/mol. The number of nitro groups is 1. The summed E-state index contributed by atoms with van der Waals surface area (Å²) in [4.78, 5) is 21.9. The lowest BCUT2D eigenvalue weighted by Crippen LogP contribution is -2.01. The molecule has 0 aliphatic carbocycles. The van der Waals surface area contributed by atoms with Crippen LogP contribution in [0.1, 0.15) is 0 Å². The normalized spacial score (nSPS) is 11.0. The molecule has 100 valence electrons. The zero-order valence-electron chi connectivity index (χ0n) is 9.86. The number of nitrogens with zero attached hydrogens (tertiary/aromatic N) is 1. The van der Waals surface area contributed by atoms with Crippen molar-refractivity contribution in [3.8, 4) is 11.5 Å². The summed E-state index contributed by atoms with van der Waals surface area (Å²) in [6.45, 7) is 0. The number of phenols is 2. The van der Waals surface area contributed by atoms with Crippen molar-refractivity contribution in [2.75, 3.05) is 0 Å². The Balaban J connectivity index is 2.54. The molecule has 0 aliphatic rings. The lowest BCUT2D eigenvalue weighted by atomic mass is 10.1. The molecule has 0 saturated carbocycles. The van der Waals surface area contributed by atoms with Gasteiger partial charge in [0, 0.05) is 29.7 Å². The second-order valence-electron chi connectivity index (χ2n) is 4.21. The second kappa shape index (κ2) is 3.95. The summed E-state index contributed by atoms with van der Waals surface area (Å²) in [7, 11) is 0. The van der Waals surface area contributed by atoms with E-state index in [-0.39, 0.29) is 33.5 Å². The van der Waals surface area contributed by atoms with Crippen LogP contribution in [-0.2, 0) is 0 Å². The zero-order valence-corrected chi connectivity index (χ0v) is 9.86. The molecule has 0 spiro atoms. The van der Waals surface area contributed by atoms with Crippen LogP contribution in [0.15, 0.2) is 39.5 Å². The number of hydrogen-bond donors (Lipinski definition) is 2. The average Bonchev–Trinajstić information content (AvgIpc) is 2.37. The fourth-order valence-corrected chi connectivity index (χ4v) is 2.13. The van der Waals surface area contributed by atoms with Crippen molar-refractivity contribution in [3.05, 3.63) is 50.9 Å². The highest BCUT2D eigenvalue weighted by Crippen LogP contribution is 2.34. The molecular weight excluding hydrogens is 266 g/mol. The molecule has 0 bridgehead atoms. The number of aromatic hydroxyl groups is 2. The number of fused-ring (bicyclic) bond motifs is 3. The maximum atomic E-state index is 11.8. The van der Waals surface area contributed by atoms with E-state index in [0.29, 0.717) is 5.39 Å². The first-order valence-electron chi connectivity index (χ1n) is 5.54. The quantitative estimate of drug-likeness (QED) is 0.304. The minimum atomic E-state index is -0.777. The minimum Gasteiger partial charge on any atom is -0.508 e. The fraction of sp³-hybridized carbons (Fsp3) is 0. The van der Waals surface area contributed by atoms with Crippen molar-refractivity contribution in [1.29, 1.82) is 0 Å². The molecular formula is C13H7NO6. The number of rotatable bonds is 1. The number of phenolic OH excluding ortho intramolecular Hbond substituents is 2. The Kier molecular flexibility index (Phi) is 2.37. The molecule has 0 atom stereocenters. The molecule has 0 fully saturated rings. The molecule has 3 rings (SSSR count). The Morgan fingerprint density at radius 3 is 2.55 bits per heavy atom. The number of hydrogen-bond acceptors (Lipinski definition) is 6. The van der Waals surface area contributed by atoms with Crippen LogP contribution in [0.25, 0.3) is 21.7 Å². The van der Waals surface area contributed by atoms with E-state index in [1.165, 1.54) is 18.2 Å². The first-order valence-corrected chi connectivity index (χ1v) is 5.54. The van der Waals surface area contributed by atoms with Gasteiger partial charge >= 0.3 is 5.63 Å². The van der Waals surface area contributed by atoms with E-state index >= 15 is 0 Å². The highest BCUT2D eigenvalue weighted by Gasteiger charge is 2.15. The Labute approximate surface area is 110 Å². The van der Waals surface area contributed by atoms with Gasteiger partial charge in [0.1, 0.15) is 17.1 Å². The van der Waals surface area contributed by atoms with Gasteiger partial charge in [0.05, 0.1) is 15.7 Å². The first kappa shape index (κ1) is 12.0. The van der Waals surface area contributed by atoms with Gasteiger partial charge in [-0.15, -0.1) is 0 Å². The molecule has 2 N–H and O–H groups in total. The molecule has 0 aliphatic heterocycles. The van der Waals surface area contributed by atoms with Crippen LogP contribution in [0, 0.1) is 10.1 Å². The number of nitro benzene ring substituents is 1. The van der Waals surface area contributed by atoms with Gasteiger partial charge in [-0.25, -0.2) is 4.79 Å². The Hall–Kier alpha value is -3.09. The average molecular weight is 273 g/mol. The van der Waals surface area contributed by atoms with E-state index in [1.807, 2.05) is 0 Å². The summed E-state index contributed by atoms with van der Waals surface area (Å²) in [6.07, 6.45) is 0. The zero-order chi connectivity index (χ0) is 14.4. The minimum absolute atomic E-state index is 0.00677. The van der Waals surface area contributed by atoms with Gasteiger partial charge in [0.15, 0.2) is 0 Å². The van der Waals surface area contributed by atoms with E-state index in [0.717, 1.165) is 12.1 Å². The van der Waals surface area contributed by atoms with Crippen LogP contribution in [0.5, 0.6) is 11.5 Å². The maximum absolute atomic E-state index is 11.8. The standard InChI is InChI=1S/C13H7NO6/c15-7-4-10(16)12-8-2-1-6(14(18)19)3-9(8)13(17)20-11(12)5-7/h1-5,15-16H. The Morgan fingerprint density at radius 1 is 1.10 bits per heavy atom. The summed E-state index contributed by atoms with van der Waals surface area (Å²) in [5.74, 6) is -0.526. The predicted octanol–water partition coefficient (Wildman–Crippen LogP) is 2.27. The maximum Gasteiger partial charge on any atom is 0.344 e. The third-order valence-corrected chi connectivity index (χ3v) is 2.97. The molecule has 0 radical (unpaired) electrons. The van der Waals surface area contributed by atoms with E-state index in [2.05, 4.69) is 0 Å². The molecule has 0 amide bonds. The highest BCUT2D eigenvalue weighted by atomic mass is 16.6. The van der Waals surface area contributed by atoms with Gasteiger partial charge in [-0.2, -0.15) is 0 Å².